The third-order valence-electron chi connectivity index (χ3n) is 2.88. The van der Waals surface area contributed by atoms with Crippen molar-refractivity contribution in [2.45, 2.75) is 25.6 Å². The average molecular weight is 206 g/mol. The molecule has 1 N–H and O–H groups in total. The van der Waals surface area contributed by atoms with Crippen molar-refractivity contribution in [1.82, 2.24) is 10.3 Å². The Labute approximate surface area is 90.9 Å². The summed E-state index contributed by atoms with van der Waals surface area (Å²) in [6.07, 6.45) is 4.63. The molecular weight excluding hydrogens is 188 g/mol. The van der Waals surface area contributed by atoms with Crippen LogP contribution in [0.3, 0.4) is 0 Å². The zero-order valence-electron chi connectivity index (χ0n) is 9.15. The second-order valence-corrected chi connectivity index (χ2v) is 4.15. The number of rotatable bonds is 5. The Bertz CT molecular complexity index is 283. The number of nitrogens with zero attached hydrogens (tertiary/aromatic N) is 1. The van der Waals surface area contributed by atoms with Gasteiger partial charge < -0.3 is 10.1 Å². The van der Waals surface area contributed by atoms with Crippen LogP contribution in [0.4, 0.5) is 0 Å². The van der Waals surface area contributed by atoms with Gasteiger partial charge in [0.15, 0.2) is 0 Å². The predicted molar refractivity (Wildman–Crippen MR) is 59.5 cm³/mol. The molecule has 1 saturated carbocycles. The molecule has 0 bridgehead atoms. The van der Waals surface area contributed by atoms with Gasteiger partial charge in [-0.1, -0.05) is 6.07 Å². The third kappa shape index (κ3) is 3.01. The fourth-order valence-electron chi connectivity index (χ4n) is 1.95. The van der Waals surface area contributed by atoms with Crippen molar-refractivity contribution < 1.29 is 4.74 Å². The lowest BCUT2D eigenvalue weighted by Gasteiger charge is -2.34. The first-order valence-corrected chi connectivity index (χ1v) is 5.54. The quantitative estimate of drug-likeness (QED) is 0.794. The first-order chi connectivity index (χ1) is 7.38. The van der Waals surface area contributed by atoms with E-state index in [1.807, 2.05) is 31.4 Å². The number of pyridine rings is 1. The van der Waals surface area contributed by atoms with Crippen LogP contribution in [-0.4, -0.2) is 24.7 Å². The van der Waals surface area contributed by atoms with E-state index in [0.29, 0.717) is 12.7 Å². The van der Waals surface area contributed by atoms with E-state index in [1.165, 1.54) is 12.8 Å². The van der Waals surface area contributed by atoms with Gasteiger partial charge >= 0.3 is 0 Å². The molecule has 0 saturated heterocycles. The van der Waals surface area contributed by atoms with Crippen LogP contribution in [-0.2, 0) is 11.3 Å². The maximum absolute atomic E-state index is 5.75. The number of hydrogen-bond donors (Lipinski definition) is 1. The molecule has 15 heavy (non-hydrogen) atoms. The van der Waals surface area contributed by atoms with Crippen molar-refractivity contribution in [3.63, 3.8) is 0 Å². The highest BCUT2D eigenvalue weighted by molar-refractivity contribution is 5.02. The van der Waals surface area contributed by atoms with E-state index in [-0.39, 0.29) is 0 Å². The van der Waals surface area contributed by atoms with Gasteiger partial charge in [0.05, 0.1) is 18.4 Å². The molecule has 3 heteroatoms. The summed E-state index contributed by atoms with van der Waals surface area (Å²) in [4.78, 5) is 4.23. The zero-order valence-corrected chi connectivity index (χ0v) is 9.15. The Hall–Kier alpha value is -0.930. The van der Waals surface area contributed by atoms with E-state index < -0.39 is 0 Å². The van der Waals surface area contributed by atoms with E-state index >= 15 is 0 Å². The topological polar surface area (TPSA) is 34.1 Å². The molecular formula is C12H18N2O. The number of hydrogen-bond acceptors (Lipinski definition) is 3. The monoisotopic (exact) mass is 206 g/mol. The van der Waals surface area contributed by atoms with Gasteiger partial charge in [-0.05, 0) is 44.5 Å². The highest BCUT2D eigenvalue weighted by Crippen LogP contribution is 2.29. The van der Waals surface area contributed by atoms with Gasteiger partial charge in [0.25, 0.3) is 0 Å². The second kappa shape index (κ2) is 5.24. The van der Waals surface area contributed by atoms with Gasteiger partial charge in [0.2, 0.25) is 0 Å². The van der Waals surface area contributed by atoms with Crippen molar-refractivity contribution >= 4 is 0 Å². The Balaban J connectivity index is 1.64. The van der Waals surface area contributed by atoms with Crippen molar-refractivity contribution in [3.8, 4) is 0 Å². The molecule has 1 fully saturated rings. The maximum atomic E-state index is 5.75. The largest absolute Gasteiger partial charge is 0.372 e. The van der Waals surface area contributed by atoms with Gasteiger partial charge in [-0.2, -0.15) is 0 Å². The predicted octanol–water partition coefficient (Wildman–Crippen LogP) is 1.60. The summed E-state index contributed by atoms with van der Waals surface area (Å²) in [5.74, 6) is 0.809. The van der Waals surface area contributed by atoms with Gasteiger partial charge in [-0.3, -0.25) is 4.98 Å². The van der Waals surface area contributed by atoms with Gasteiger partial charge in [0.1, 0.15) is 0 Å². The molecule has 0 atom stereocenters. The van der Waals surface area contributed by atoms with Crippen LogP contribution in [0.1, 0.15) is 18.5 Å². The molecule has 0 aliphatic heterocycles. The van der Waals surface area contributed by atoms with Crippen molar-refractivity contribution in [2.75, 3.05) is 13.6 Å². The second-order valence-electron chi connectivity index (χ2n) is 4.15. The SMILES string of the molecule is CNCC1CC(OCc2ccccn2)C1. The van der Waals surface area contributed by atoms with Crippen LogP contribution in [0.15, 0.2) is 24.4 Å². The van der Waals surface area contributed by atoms with Crippen LogP contribution in [0.25, 0.3) is 0 Å². The lowest BCUT2D eigenvalue weighted by Crippen LogP contribution is -2.36. The summed E-state index contributed by atoms with van der Waals surface area (Å²) in [7, 11) is 2.00. The van der Waals surface area contributed by atoms with Crippen LogP contribution in [0, 0.1) is 5.92 Å². The normalized spacial score (nSPS) is 24.9. The molecule has 1 aliphatic carbocycles. The van der Waals surface area contributed by atoms with Crippen LogP contribution in [0.2, 0.25) is 0 Å². The molecule has 0 radical (unpaired) electrons. The molecule has 1 aromatic rings. The van der Waals surface area contributed by atoms with Gasteiger partial charge in [0, 0.05) is 6.20 Å². The minimum atomic E-state index is 0.449. The zero-order chi connectivity index (χ0) is 10.5. The molecule has 3 nitrogen and oxygen atoms in total. The number of ether oxygens (including phenoxy) is 1. The van der Waals surface area contributed by atoms with Gasteiger partial charge in [-0.25, -0.2) is 0 Å². The lowest BCUT2D eigenvalue weighted by molar-refractivity contribution is -0.0402. The van der Waals surface area contributed by atoms with E-state index in [4.69, 9.17) is 4.74 Å². The summed E-state index contributed by atoms with van der Waals surface area (Å²) >= 11 is 0. The molecule has 1 heterocycles. The fourth-order valence-corrected chi connectivity index (χ4v) is 1.95. The van der Waals surface area contributed by atoms with Crippen LogP contribution < -0.4 is 5.32 Å². The van der Waals surface area contributed by atoms with Gasteiger partial charge in [-0.15, -0.1) is 0 Å². The third-order valence-corrected chi connectivity index (χ3v) is 2.88. The summed E-state index contributed by atoms with van der Waals surface area (Å²) in [6.45, 7) is 1.77. The molecule has 0 unspecified atom stereocenters. The minimum Gasteiger partial charge on any atom is -0.372 e. The number of aromatic nitrogens is 1. The molecule has 0 amide bonds. The van der Waals surface area contributed by atoms with Crippen LogP contribution in [0.5, 0.6) is 0 Å². The minimum absolute atomic E-state index is 0.449. The Morgan fingerprint density at radius 2 is 2.33 bits per heavy atom. The fraction of sp³-hybridized carbons (Fsp3) is 0.583. The number of nitrogens with one attached hydrogen (secondary N) is 1. The molecule has 1 aromatic heterocycles. The van der Waals surface area contributed by atoms with Crippen molar-refractivity contribution in [1.29, 1.82) is 0 Å². The molecule has 82 valence electrons. The highest BCUT2D eigenvalue weighted by atomic mass is 16.5. The van der Waals surface area contributed by atoms with Crippen molar-refractivity contribution in [2.24, 2.45) is 5.92 Å². The van der Waals surface area contributed by atoms with E-state index in [2.05, 4.69) is 10.3 Å². The summed E-state index contributed by atoms with van der Waals surface area (Å²) in [5.41, 5.74) is 1.02. The van der Waals surface area contributed by atoms with E-state index in [0.717, 1.165) is 18.2 Å². The summed E-state index contributed by atoms with van der Waals surface area (Å²) in [6, 6.07) is 5.93. The summed E-state index contributed by atoms with van der Waals surface area (Å²) < 4.78 is 5.75. The summed E-state index contributed by atoms with van der Waals surface area (Å²) in [5, 5.41) is 3.20. The first kappa shape index (κ1) is 10.6. The van der Waals surface area contributed by atoms with Crippen LogP contribution >= 0.6 is 0 Å². The van der Waals surface area contributed by atoms with E-state index in [1.54, 1.807) is 0 Å². The molecule has 0 spiro atoms. The van der Waals surface area contributed by atoms with E-state index in [9.17, 15) is 0 Å². The maximum Gasteiger partial charge on any atom is 0.0891 e. The average Bonchev–Trinajstić information content (AvgIpc) is 2.23. The highest BCUT2D eigenvalue weighted by Gasteiger charge is 2.28. The lowest BCUT2D eigenvalue weighted by atomic mass is 9.82. The Morgan fingerprint density at radius 3 is 3.00 bits per heavy atom. The smallest absolute Gasteiger partial charge is 0.0891 e. The van der Waals surface area contributed by atoms with Crippen molar-refractivity contribution in [3.05, 3.63) is 30.1 Å². The molecule has 0 aromatic carbocycles. The standard InChI is InChI=1S/C12H18N2O/c1-13-8-10-6-12(7-10)15-9-11-4-2-3-5-14-11/h2-5,10,12-13H,6-9H2,1H3. The Kier molecular flexibility index (Phi) is 3.69. The Morgan fingerprint density at radius 1 is 1.47 bits per heavy atom. The first-order valence-electron chi connectivity index (χ1n) is 5.54. The molecule has 1 aliphatic rings. The molecule has 2 rings (SSSR count).